The first-order chi connectivity index (χ1) is 17.3. The molecule has 0 aliphatic carbocycles. The van der Waals surface area contributed by atoms with E-state index in [-0.39, 0.29) is 31.2 Å². The molecule has 2 aromatic carbocycles. The van der Waals surface area contributed by atoms with Crippen molar-refractivity contribution in [2.24, 2.45) is 0 Å². The molecule has 0 aliphatic heterocycles. The number of anilines is 1. The van der Waals surface area contributed by atoms with Gasteiger partial charge in [-0.3, -0.25) is 9.59 Å². The Morgan fingerprint density at radius 1 is 1.11 bits per heavy atom. The number of fused-ring (bicyclic) bond motifs is 1. The first-order valence-corrected chi connectivity index (χ1v) is 11.3. The minimum absolute atomic E-state index is 0.0169. The topological polar surface area (TPSA) is 130 Å². The summed E-state index contributed by atoms with van der Waals surface area (Å²) in [4.78, 5) is 28.3. The van der Waals surface area contributed by atoms with E-state index in [4.69, 9.17) is 26.9 Å². The molecule has 36 heavy (non-hydrogen) atoms. The lowest BCUT2D eigenvalue weighted by Gasteiger charge is -2.08. The highest BCUT2D eigenvalue weighted by Crippen LogP contribution is 2.33. The Balaban J connectivity index is 1.50. The van der Waals surface area contributed by atoms with Crippen molar-refractivity contribution in [2.75, 3.05) is 18.9 Å². The fourth-order valence-electron chi connectivity index (χ4n) is 3.48. The number of furan rings is 1. The quantitative estimate of drug-likeness (QED) is 0.267. The third-order valence-electron chi connectivity index (χ3n) is 5.24. The van der Waals surface area contributed by atoms with Crippen molar-refractivity contribution in [3.8, 4) is 11.1 Å². The highest BCUT2D eigenvalue weighted by molar-refractivity contribution is 6.35. The summed E-state index contributed by atoms with van der Waals surface area (Å²) in [6.07, 6.45) is 4.55. The Morgan fingerprint density at radius 2 is 1.94 bits per heavy atom. The van der Waals surface area contributed by atoms with Crippen LogP contribution in [0.1, 0.15) is 21.7 Å². The number of nitrogen functional groups attached to an aromatic ring is 1. The maximum atomic E-state index is 14.2. The van der Waals surface area contributed by atoms with Crippen molar-refractivity contribution >= 4 is 46.3 Å². The highest BCUT2D eigenvalue weighted by atomic mass is 35.5. The molecule has 2 heterocycles. The lowest BCUT2D eigenvalue weighted by atomic mass is 10.0. The first kappa shape index (κ1) is 24.9. The number of nitrogens with two attached hydrogens (primary N) is 1. The molecule has 0 radical (unpaired) electrons. The summed E-state index contributed by atoms with van der Waals surface area (Å²) < 4.78 is 20.0. The summed E-state index contributed by atoms with van der Waals surface area (Å²) >= 11 is 6.43. The summed E-state index contributed by atoms with van der Waals surface area (Å²) in [6.45, 7) is -0.100. The van der Waals surface area contributed by atoms with Gasteiger partial charge >= 0.3 is 0 Å². The van der Waals surface area contributed by atoms with Crippen LogP contribution in [0.25, 0.3) is 28.2 Å². The number of rotatable bonds is 8. The minimum atomic E-state index is -0.676. The van der Waals surface area contributed by atoms with Gasteiger partial charge in [0.05, 0.1) is 23.7 Å². The van der Waals surface area contributed by atoms with Gasteiger partial charge in [0.1, 0.15) is 17.4 Å². The fourth-order valence-corrected chi connectivity index (χ4v) is 3.75. The van der Waals surface area contributed by atoms with Crippen LogP contribution in [0.4, 0.5) is 10.2 Å². The molecule has 10 heteroatoms. The van der Waals surface area contributed by atoms with Crippen LogP contribution in [0, 0.1) is 5.82 Å². The number of carbonyl (C=O) groups excluding carboxylic acids is 2. The van der Waals surface area contributed by atoms with E-state index < -0.39 is 11.7 Å². The second-order valence-electron chi connectivity index (χ2n) is 7.83. The molecule has 8 nitrogen and oxygen atoms in total. The van der Waals surface area contributed by atoms with Gasteiger partial charge in [0.15, 0.2) is 5.58 Å². The fraction of sp³-hybridized carbons (Fsp3) is 0.115. The molecule has 4 rings (SSSR count). The van der Waals surface area contributed by atoms with E-state index in [1.807, 2.05) is 0 Å². The monoisotopic (exact) mass is 508 g/mol. The van der Waals surface area contributed by atoms with E-state index in [1.54, 1.807) is 48.7 Å². The molecule has 0 aliphatic rings. The number of nitrogens with one attached hydrogen (secondary N) is 2. The Morgan fingerprint density at radius 3 is 2.69 bits per heavy atom. The summed E-state index contributed by atoms with van der Waals surface area (Å²) in [6, 6.07) is 12.7. The van der Waals surface area contributed by atoms with Crippen LogP contribution in [0.3, 0.4) is 0 Å². The van der Waals surface area contributed by atoms with E-state index in [9.17, 15) is 14.0 Å². The SMILES string of the molecule is Nc1ccc(/C=C/C(=O)NCc2cc3cc(-c4ccc(F)c(C(=O)NCCO)c4)cc(Cl)c3o2)cn1. The largest absolute Gasteiger partial charge is 0.458 e. The smallest absolute Gasteiger partial charge is 0.254 e. The van der Waals surface area contributed by atoms with Gasteiger partial charge in [0.25, 0.3) is 5.91 Å². The van der Waals surface area contributed by atoms with Crippen LogP contribution in [0.2, 0.25) is 5.02 Å². The van der Waals surface area contributed by atoms with Crippen molar-refractivity contribution in [3.63, 3.8) is 0 Å². The second-order valence-corrected chi connectivity index (χ2v) is 8.24. The average molecular weight is 509 g/mol. The molecule has 0 fully saturated rings. The van der Waals surface area contributed by atoms with Crippen LogP contribution < -0.4 is 16.4 Å². The Labute approximate surface area is 210 Å². The van der Waals surface area contributed by atoms with E-state index >= 15 is 0 Å². The summed E-state index contributed by atoms with van der Waals surface area (Å²) in [5, 5.41) is 15.1. The van der Waals surface area contributed by atoms with Gasteiger partial charge in [-0.15, -0.1) is 0 Å². The molecule has 184 valence electrons. The molecule has 2 amide bonds. The van der Waals surface area contributed by atoms with E-state index in [0.29, 0.717) is 38.7 Å². The maximum Gasteiger partial charge on any atom is 0.254 e. The number of pyridine rings is 1. The summed E-state index contributed by atoms with van der Waals surface area (Å²) in [5.41, 5.74) is 7.81. The van der Waals surface area contributed by atoms with Crippen molar-refractivity contribution in [1.29, 1.82) is 0 Å². The van der Waals surface area contributed by atoms with Crippen LogP contribution in [-0.4, -0.2) is 35.1 Å². The van der Waals surface area contributed by atoms with Gasteiger partial charge in [-0.1, -0.05) is 17.7 Å². The summed E-state index contributed by atoms with van der Waals surface area (Å²) in [5.74, 6) is -0.740. The average Bonchev–Trinajstić information content (AvgIpc) is 3.29. The van der Waals surface area contributed by atoms with Crippen molar-refractivity contribution in [2.45, 2.75) is 6.54 Å². The lowest BCUT2D eigenvalue weighted by molar-refractivity contribution is -0.116. The zero-order valence-electron chi connectivity index (χ0n) is 18.9. The van der Waals surface area contributed by atoms with Gasteiger partial charge in [0.2, 0.25) is 5.91 Å². The summed E-state index contributed by atoms with van der Waals surface area (Å²) in [7, 11) is 0. The number of hydrogen-bond acceptors (Lipinski definition) is 6. The van der Waals surface area contributed by atoms with E-state index in [1.165, 1.54) is 18.2 Å². The number of halogens is 2. The number of amides is 2. The Hall–Kier alpha value is -4.21. The molecule has 0 spiro atoms. The number of hydrogen-bond donors (Lipinski definition) is 4. The van der Waals surface area contributed by atoms with Crippen LogP contribution >= 0.6 is 11.6 Å². The molecular weight excluding hydrogens is 487 g/mol. The highest BCUT2D eigenvalue weighted by Gasteiger charge is 2.15. The molecule has 5 N–H and O–H groups in total. The van der Waals surface area contributed by atoms with Crippen molar-refractivity contribution in [3.05, 3.63) is 88.5 Å². The Bertz CT molecular complexity index is 1450. The first-order valence-electron chi connectivity index (χ1n) is 10.9. The van der Waals surface area contributed by atoms with E-state index in [0.717, 1.165) is 5.56 Å². The zero-order valence-corrected chi connectivity index (χ0v) is 19.7. The molecule has 0 saturated carbocycles. The standard InChI is InChI=1S/C26H22ClFN4O4/c27-21-12-17(16-3-4-22(28)20(11-16)26(35)30-7-8-33)9-18-10-19(36-25(18)21)14-32-24(34)6-2-15-1-5-23(29)31-13-15/h1-6,9-13,33H,7-8,14H2,(H2,29,31)(H,30,35)(H,32,34)/b6-2+. The van der Waals surface area contributed by atoms with Crippen LogP contribution in [-0.2, 0) is 11.3 Å². The molecule has 0 unspecified atom stereocenters. The van der Waals surface area contributed by atoms with Gasteiger partial charge in [-0.2, -0.15) is 0 Å². The van der Waals surface area contributed by atoms with Gasteiger partial charge in [0, 0.05) is 24.2 Å². The normalized spacial score (nSPS) is 11.2. The number of benzene rings is 2. The predicted molar refractivity (Wildman–Crippen MR) is 136 cm³/mol. The third-order valence-corrected chi connectivity index (χ3v) is 5.52. The minimum Gasteiger partial charge on any atom is -0.458 e. The molecule has 2 aromatic heterocycles. The number of carbonyl (C=O) groups is 2. The number of aliphatic hydroxyl groups is 1. The molecular formula is C26H22ClFN4O4. The van der Waals surface area contributed by atoms with Gasteiger partial charge in [-0.05, 0) is 65.2 Å². The lowest BCUT2D eigenvalue weighted by Crippen LogP contribution is -2.27. The van der Waals surface area contributed by atoms with Gasteiger partial charge < -0.3 is 25.9 Å². The maximum absolute atomic E-state index is 14.2. The van der Waals surface area contributed by atoms with Crippen LogP contribution in [0.15, 0.2) is 65.2 Å². The number of aromatic nitrogens is 1. The zero-order chi connectivity index (χ0) is 25.7. The van der Waals surface area contributed by atoms with Gasteiger partial charge in [-0.25, -0.2) is 9.37 Å². The number of aliphatic hydroxyl groups excluding tert-OH is 1. The molecule has 0 bridgehead atoms. The molecule has 0 atom stereocenters. The number of nitrogens with zero attached hydrogens (tertiary/aromatic N) is 1. The van der Waals surface area contributed by atoms with Crippen molar-refractivity contribution < 1.29 is 23.5 Å². The van der Waals surface area contributed by atoms with E-state index in [2.05, 4.69) is 15.6 Å². The second kappa shape index (κ2) is 11.0. The molecule has 0 saturated heterocycles. The van der Waals surface area contributed by atoms with Crippen LogP contribution in [0.5, 0.6) is 0 Å². The molecule has 4 aromatic rings. The predicted octanol–water partition coefficient (Wildman–Crippen LogP) is 3.92. The third kappa shape index (κ3) is 5.88. The van der Waals surface area contributed by atoms with Crippen molar-refractivity contribution in [1.82, 2.24) is 15.6 Å². The Kier molecular flexibility index (Phi) is 7.62.